The summed E-state index contributed by atoms with van der Waals surface area (Å²) in [6.45, 7) is 2.04. The van der Waals surface area contributed by atoms with Crippen LogP contribution in [0.3, 0.4) is 0 Å². The molecule has 1 aromatic rings. The molecule has 2 atom stereocenters. The molecule has 1 saturated heterocycles. The maximum Gasteiger partial charge on any atom is 0.247 e. The van der Waals surface area contributed by atoms with Crippen molar-refractivity contribution in [2.45, 2.75) is 63.1 Å². The van der Waals surface area contributed by atoms with Crippen LogP contribution in [-0.4, -0.2) is 46.6 Å². The summed E-state index contributed by atoms with van der Waals surface area (Å²) in [5.74, 6) is 1.35. The summed E-state index contributed by atoms with van der Waals surface area (Å²) >= 11 is 0. The maximum absolute atomic E-state index is 13.4. The van der Waals surface area contributed by atoms with E-state index in [-0.39, 0.29) is 11.6 Å². The molecule has 4 rings (SSSR count). The summed E-state index contributed by atoms with van der Waals surface area (Å²) in [6.07, 6.45) is 12.0. The highest BCUT2D eigenvalue weighted by molar-refractivity contribution is 5.98. The van der Waals surface area contributed by atoms with Crippen molar-refractivity contribution in [3.63, 3.8) is 0 Å². The molecule has 6 heteroatoms. The summed E-state index contributed by atoms with van der Waals surface area (Å²) in [4.78, 5) is 15.3. The Labute approximate surface area is 172 Å². The SMILES string of the molecule is C/C(=N/O)c1cccc(OCC2(CC3CCCCC3)NC3(C=CC3)N(C)C2=O)c1. The number of rotatable bonds is 6. The number of nitrogens with one attached hydrogen (secondary N) is 1. The molecule has 1 aliphatic heterocycles. The standard InChI is InChI=1S/C23H31N3O3/c1-17(24-28)19-10-6-11-20(14-19)29-16-22(15-18-8-4-3-5-9-18)21(27)26(2)23(25-22)12-7-13-23/h6-7,10-12,14,18,25,28H,3-5,8-9,13,15-16H2,1-2H3/b24-17-. The van der Waals surface area contributed by atoms with Gasteiger partial charge in [0, 0.05) is 19.0 Å². The third-order valence-corrected chi connectivity index (χ3v) is 6.84. The second-order valence-electron chi connectivity index (χ2n) is 8.81. The highest BCUT2D eigenvalue weighted by atomic mass is 16.5. The van der Waals surface area contributed by atoms with Crippen LogP contribution >= 0.6 is 0 Å². The molecule has 156 valence electrons. The Hall–Kier alpha value is -2.34. The zero-order chi connectivity index (χ0) is 20.5. The van der Waals surface area contributed by atoms with Gasteiger partial charge in [0.2, 0.25) is 5.91 Å². The number of hydrogen-bond donors (Lipinski definition) is 2. The Morgan fingerprint density at radius 3 is 2.72 bits per heavy atom. The molecule has 2 fully saturated rings. The number of hydrogen-bond acceptors (Lipinski definition) is 5. The van der Waals surface area contributed by atoms with E-state index < -0.39 is 5.54 Å². The maximum atomic E-state index is 13.4. The molecule has 2 unspecified atom stereocenters. The van der Waals surface area contributed by atoms with Crippen molar-refractivity contribution in [3.8, 4) is 5.75 Å². The van der Waals surface area contributed by atoms with Crippen LogP contribution < -0.4 is 10.1 Å². The molecule has 1 heterocycles. The number of carbonyl (C=O) groups excluding carboxylic acids is 1. The monoisotopic (exact) mass is 397 g/mol. The fourth-order valence-corrected chi connectivity index (χ4v) is 4.99. The van der Waals surface area contributed by atoms with Crippen LogP contribution in [0.25, 0.3) is 0 Å². The molecule has 1 spiro atoms. The van der Waals surface area contributed by atoms with Gasteiger partial charge in [-0.05, 0) is 37.5 Å². The van der Waals surface area contributed by atoms with Gasteiger partial charge in [0.05, 0.1) is 5.71 Å². The summed E-state index contributed by atoms with van der Waals surface area (Å²) < 4.78 is 6.18. The molecule has 2 N–H and O–H groups in total. The van der Waals surface area contributed by atoms with Crippen LogP contribution in [0.2, 0.25) is 0 Å². The summed E-state index contributed by atoms with van der Waals surface area (Å²) in [5.41, 5.74) is 0.252. The Kier molecular flexibility index (Phi) is 5.38. The summed E-state index contributed by atoms with van der Waals surface area (Å²) in [6, 6.07) is 7.48. The predicted molar refractivity (Wildman–Crippen MR) is 112 cm³/mol. The number of oxime groups is 1. The molecule has 3 aliphatic rings. The van der Waals surface area contributed by atoms with Crippen molar-refractivity contribution in [2.75, 3.05) is 13.7 Å². The van der Waals surface area contributed by atoms with E-state index in [1.165, 1.54) is 32.1 Å². The van der Waals surface area contributed by atoms with Crippen molar-refractivity contribution < 1.29 is 14.7 Å². The van der Waals surface area contributed by atoms with E-state index in [0.717, 1.165) is 18.4 Å². The van der Waals surface area contributed by atoms with E-state index >= 15 is 0 Å². The van der Waals surface area contributed by atoms with E-state index in [1.54, 1.807) is 6.92 Å². The van der Waals surface area contributed by atoms with Crippen molar-refractivity contribution in [1.82, 2.24) is 10.2 Å². The van der Waals surface area contributed by atoms with Crippen LogP contribution in [0.15, 0.2) is 41.6 Å². The molecule has 1 saturated carbocycles. The highest BCUT2D eigenvalue weighted by Gasteiger charge is 2.58. The van der Waals surface area contributed by atoms with Crippen LogP contribution in [0, 0.1) is 5.92 Å². The minimum absolute atomic E-state index is 0.122. The van der Waals surface area contributed by atoms with Gasteiger partial charge in [0.1, 0.15) is 23.6 Å². The molecule has 29 heavy (non-hydrogen) atoms. The van der Waals surface area contributed by atoms with Gasteiger partial charge >= 0.3 is 0 Å². The minimum atomic E-state index is -0.711. The van der Waals surface area contributed by atoms with Crippen molar-refractivity contribution >= 4 is 11.6 Å². The number of likely N-dealkylation sites (N-methyl/N-ethyl adjacent to an activating group) is 1. The lowest BCUT2D eigenvalue weighted by atomic mass is 9.79. The zero-order valence-electron chi connectivity index (χ0n) is 17.4. The van der Waals surface area contributed by atoms with E-state index in [1.807, 2.05) is 36.2 Å². The lowest BCUT2D eigenvalue weighted by molar-refractivity contribution is -0.134. The van der Waals surface area contributed by atoms with Gasteiger partial charge in [0.15, 0.2) is 0 Å². The minimum Gasteiger partial charge on any atom is -0.491 e. The average Bonchev–Trinajstić information content (AvgIpc) is 2.95. The molecule has 2 aliphatic carbocycles. The molecule has 0 aromatic heterocycles. The first-order chi connectivity index (χ1) is 14.0. The van der Waals surface area contributed by atoms with Gasteiger partial charge in [-0.15, -0.1) is 0 Å². The first-order valence-electron chi connectivity index (χ1n) is 10.7. The molecular weight excluding hydrogens is 366 g/mol. The van der Waals surface area contributed by atoms with E-state index in [4.69, 9.17) is 9.94 Å². The second-order valence-corrected chi connectivity index (χ2v) is 8.81. The molecule has 1 amide bonds. The van der Waals surface area contributed by atoms with Crippen LogP contribution in [0.5, 0.6) is 5.75 Å². The van der Waals surface area contributed by atoms with Crippen molar-refractivity contribution in [1.29, 1.82) is 0 Å². The Balaban J connectivity index is 1.56. The molecular formula is C23H31N3O3. The molecule has 6 nitrogen and oxygen atoms in total. The van der Waals surface area contributed by atoms with E-state index in [9.17, 15) is 4.79 Å². The molecule has 0 radical (unpaired) electrons. The Morgan fingerprint density at radius 1 is 1.34 bits per heavy atom. The normalized spacial score (nSPS) is 30.1. The topological polar surface area (TPSA) is 74.2 Å². The van der Waals surface area contributed by atoms with Crippen molar-refractivity contribution in [3.05, 3.63) is 42.0 Å². The van der Waals surface area contributed by atoms with Crippen LogP contribution in [0.4, 0.5) is 0 Å². The zero-order valence-corrected chi connectivity index (χ0v) is 17.4. The Bertz CT molecular complexity index is 830. The van der Waals surface area contributed by atoms with Gasteiger partial charge < -0.3 is 14.8 Å². The summed E-state index contributed by atoms with van der Waals surface area (Å²) in [7, 11) is 1.89. The van der Waals surface area contributed by atoms with Gasteiger partial charge in [-0.3, -0.25) is 10.1 Å². The number of nitrogens with zero attached hydrogens (tertiary/aromatic N) is 2. The van der Waals surface area contributed by atoms with E-state index in [0.29, 0.717) is 24.0 Å². The lowest BCUT2D eigenvalue weighted by Crippen LogP contribution is -2.58. The largest absolute Gasteiger partial charge is 0.491 e. The van der Waals surface area contributed by atoms with Crippen molar-refractivity contribution in [2.24, 2.45) is 11.1 Å². The fraction of sp³-hybridized carbons (Fsp3) is 0.565. The Morgan fingerprint density at radius 2 is 2.10 bits per heavy atom. The van der Waals surface area contributed by atoms with Crippen LogP contribution in [-0.2, 0) is 4.79 Å². The van der Waals surface area contributed by atoms with Gasteiger partial charge in [-0.2, -0.15) is 0 Å². The number of carbonyl (C=O) groups is 1. The first kappa shape index (κ1) is 20.0. The summed E-state index contributed by atoms with van der Waals surface area (Å²) in [5, 5.41) is 16.0. The smallest absolute Gasteiger partial charge is 0.247 e. The van der Waals surface area contributed by atoms with E-state index in [2.05, 4.69) is 22.6 Å². The second kappa shape index (κ2) is 7.82. The molecule has 0 bridgehead atoms. The predicted octanol–water partition coefficient (Wildman–Crippen LogP) is 3.69. The third kappa shape index (κ3) is 3.66. The van der Waals surface area contributed by atoms with Crippen LogP contribution in [0.1, 0.15) is 57.4 Å². The number of amides is 1. The third-order valence-electron chi connectivity index (χ3n) is 6.84. The number of ether oxygens (including phenoxy) is 1. The van der Waals surface area contributed by atoms with Gasteiger partial charge in [-0.25, -0.2) is 0 Å². The average molecular weight is 398 g/mol. The lowest BCUT2D eigenvalue weighted by Gasteiger charge is -2.39. The van der Waals surface area contributed by atoms with Gasteiger partial charge in [0.25, 0.3) is 0 Å². The first-order valence-corrected chi connectivity index (χ1v) is 10.7. The molecule has 1 aromatic carbocycles. The quantitative estimate of drug-likeness (QED) is 0.332. The van der Waals surface area contributed by atoms with Gasteiger partial charge in [-0.1, -0.05) is 55.5 Å². The number of benzene rings is 1. The highest BCUT2D eigenvalue weighted by Crippen LogP contribution is 2.41. The fourth-order valence-electron chi connectivity index (χ4n) is 4.99.